The maximum Gasteiger partial charge on any atom is -0.0179 e. The zero-order valence-corrected chi connectivity index (χ0v) is 27.7. The smallest absolute Gasteiger partial charge is 0.0179 e. The predicted molar refractivity (Wildman–Crippen MR) is 186 cm³/mol. The molecule has 0 heterocycles. The van der Waals surface area contributed by atoms with Gasteiger partial charge in [0, 0.05) is 0 Å². The Bertz CT molecular complexity index is 1070. The minimum atomic E-state index is 1.09. The Kier molecular flexibility index (Phi) is 22.4. The molecule has 4 aromatic rings. The fourth-order valence-electron chi connectivity index (χ4n) is 3.91. The molecule has 0 saturated heterocycles. The van der Waals surface area contributed by atoms with Crippen LogP contribution in [0.2, 0.25) is 0 Å². The van der Waals surface area contributed by atoms with Crippen LogP contribution in [0.3, 0.4) is 0 Å². The van der Waals surface area contributed by atoms with Gasteiger partial charge in [-0.25, -0.2) is 0 Å². The van der Waals surface area contributed by atoms with Gasteiger partial charge in [-0.1, -0.05) is 188 Å². The van der Waals surface area contributed by atoms with Crippen LogP contribution in [0.25, 0.3) is 11.1 Å². The van der Waals surface area contributed by atoms with Crippen molar-refractivity contribution in [2.45, 2.75) is 83.1 Å². The van der Waals surface area contributed by atoms with Gasteiger partial charge in [-0.05, 0) is 61.1 Å². The molecule has 40 heavy (non-hydrogen) atoms. The SMILES string of the molecule is C=C(c1ccccc1)c1cc(C)cc(C)c1.C=C(c1ccccc1)c1cc(C)cc(C)c1.CC.CC.CC.CC. The fourth-order valence-corrected chi connectivity index (χ4v) is 3.91. The zero-order chi connectivity index (χ0) is 31.1. The second-order valence-corrected chi connectivity index (χ2v) is 8.44. The van der Waals surface area contributed by atoms with Crippen LogP contribution in [0.1, 0.15) is 99.9 Å². The van der Waals surface area contributed by atoms with Crippen LogP contribution in [0.5, 0.6) is 0 Å². The average molecular weight is 537 g/mol. The first-order valence-electron chi connectivity index (χ1n) is 15.0. The van der Waals surface area contributed by atoms with Gasteiger partial charge in [-0.15, -0.1) is 0 Å². The highest BCUT2D eigenvalue weighted by atomic mass is 14.1. The summed E-state index contributed by atoms with van der Waals surface area (Å²) in [5.41, 5.74) is 12.1. The molecule has 0 saturated carbocycles. The summed E-state index contributed by atoms with van der Waals surface area (Å²) in [6.45, 7) is 32.8. The number of benzene rings is 4. The number of rotatable bonds is 4. The van der Waals surface area contributed by atoms with Gasteiger partial charge >= 0.3 is 0 Å². The van der Waals surface area contributed by atoms with Crippen LogP contribution in [0, 0.1) is 27.7 Å². The maximum atomic E-state index is 4.18. The molecule has 0 aliphatic heterocycles. The van der Waals surface area contributed by atoms with Crippen molar-refractivity contribution in [2.24, 2.45) is 0 Å². The van der Waals surface area contributed by atoms with E-state index in [4.69, 9.17) is 0 Å². The third-order valence-corrected chi connectivity index (χ3v) is 5.38. The van der Waals surface area contributed by atoms with E-state index in [2.05, 4.69) is 102 Å². The molecule has 0 fully saturated rings. The van der Waals surface area contributed by atoms with Crippen LogP contribution in [0.4, 0.5) is 0 Å². The Balaban J connectivity index is 0. The van der Waals surface area contributed by atoms with Gasteiger partial charge in [0.2, 0.25) is 0 Å². The topological polar surface area (TPSA) is 0 Å². The molecule has 0 heteroatoms. The molecule has 0 spiro atoms. The number of aryl methyl sites for hydroxylation is 4. The summed E-state index contributed by atoms with van der Waals surface area (Å²) < 4.78 is 0. The quantitative estimate of drug-likeness (QED) is 0.243. The van der Waals surface area contributed by atoms with Crippen molar-refractivity contribution in [3.63, 3.8) is 0 Å². The van der Waals surface area contributed by atoms with Crippen molar-refractivity contribution >= 4 is 11.1 Å². The highest BCUT2D eigenvalue weighted by molar-refractivity contribution is 5.79. The van der Waals surface area contributed by atoms with Gasteiger partial charge in [-0.3, -0.25) is 0 Å². The fraction of sp³-hybridized carbons (Fsp3) is 0.300. The minimum absolute atomic E-state index is 1.09. The van der Waals surface area contributed by atoms with Crippen LogP contribution >= 0.6 is 0 Å². The van der Waals surface area contributed by atoms with Crippen LogP contribution < -0.4 is 0 Å². The molecule has 0 nitrogen and oxygen atoms in total. The second kappa shape index (κ2) is 23.3. The zero-order valence-electron chi connectivity index (χ0n) is 27.7. The molecule has 0 unspecified atom stereocenters. The van der Waals surface area contributed by atoms with E-state index in [1.54, 1.807) is 0 Å². The van der Waals surface area contributed by atoms with Gasteiger partial charge in [0.25, 0.3) is 0 Å². The van der Waals surface area contributed by atoms with E-state index in [0.717, 1.165) is 11.1 Å². The summed E-state index contributed by atoms with van der Waals surface area (Å²) in [5, 5.41) is 0. The van der Waals surface area contributed by atoms with E-state index in [1.165, 1.54) is 44.5 Å². The van der Waals surface area contributed by atoms with E-state index in [1.807, 2.05) is 91.8 Å². The lowest BCUT2D eigenvalue weighted by Crippen LogP contribution is -1.88. The molecule has 0 aliphatic carbocycles. The average Bonchev–Trinajstić information content (AvgIpc) is 3.01. The Hall–Kier alpha value is -3.64. The molecule has 0 N–H and O–H groups in total. The summed E-state index contributed by atoms with van der Waals surface area (Å²) in [5.74, 6) is 0. The van der Waals surface area contributed by atoms with E-state index in [0.29, 0.717) is 0 Å². The summed E-state index contributed by atoms with van der Waals surface area (Å²) in [7, 11) is 0. The molecule has 4 rings (SSSR count). The summed E-state index contributed by atoms with van der Waals surface area (Å²) in [4.78, 5) is 0. The summed E-state index contributed by atoms with van der Waals surface area (Å²) >= 11 is 0. The normalized spacial score (nSPS) is 8.70. The first kappa shape index (κ1) is 38.5. The van der Waals surface area contributed by atoms with Gasteiger partial charge in [0.05, 0.1) is 0 Å². The first-order chi connectivity index (χ1) is 19.3. The van der Waals surface area contributed by atoms with Crippen LogP contribution in [-0.4, -0.2) is 0 Å². The van der Waals surface area contributed by atoms with Crippen LogP contribution in [0.15, 0.2) is 110 Å². The molecule has 0 atom stereocenters. The molecular weight excluding hydrogens is 480 g/mol. The van der Waals surface area contributed by atoms with Crippen molar-refractivity contribution in [1.82, 2.24) is 0 Å². The largest absolute Gasteiger partial charge is 0.0906 e. The Morgan fingerprint density at radius 1 is 0.350 bits per heavy atom. The van der Waals surface area contributed by atoms with Crippen molar-refractivity contribution in [1.29, 1.82) is 0 Å². The first-order valence-corrected chi connectivity index (χ1v) is 15.0. The second-order valence-electron chi connectivity index (χ2n) is 8.44. The molecule has 0 bridgehead atoms. The number of hydrogen-bond donors (Lipinski definition) is 0. The highest BCUT2D eigenvalue weighted by Crippen LogP contribution is 2.24. The maximum absolute atomic E-state index is 4.18. The predicted octanol–water partition coefficient (Wildman–Crippen LogP) is 12.8. The van der Waals surface area contributed by atoms with Gasteiger partial charge in [-0.2, -0.15) is 0 Å². The molecule has 0 aromatic heterocycles. The molecule has 4 aromatic carbocycles. The lowest BCUT2D eigenvalue weighted by Gasteiger charge is -2.08. The Morgan fingerprint density at radius 3 is 0.800 bits per heavy atom. The van der Waals surface area contributed by atoms with Crippen LogP contribution in [-0.2, 0) is 0 Å². The Morgan fingerprint density at radius 2 is 0.575 bits per heavy atom. The minimum Gasteiger partial charge on any atom is -0.0906 e. The molecule has 0 amide bonds. The van der Waals surface area contributed by atoms with Crippen molar-refractivity contribution in [3.8, 4) is 0 Å². The summed E-state index contributed by atoms with van der Waals surface area (Å²) in [6, 6.07) is 33.7. The van der Waals surface area contributed by atoms with Gasteiger partial charge < -0.3 is 0 Å². The lowest BCUT2D eigenvalue weighted by molar-refractivity contribution is 1.36. The van der Waals surface area contributed by atoms with E-state index in [-0.39, 0.29) is 0 Å². The lowest BCUT2D eigenvalue weighted by atomic mass is 9.96. The van der Waals surface area contributed by atoms with Crippen molar-refractivity contribution in [3.05, 3.63) is 155 Å². The van der Waals surface area contributed by atoms with E-state index in [9.17, 15) is 0 Å². The Labute approximate surface area is 248 Å². The molecular formula is C40H56. The third-order valence-electron chi connectivity index (χ3n) is 5.38. The monoisotopic (exact) mass is 536 g/mol. The van der Waals surface area contributed by atoms with Gasteiger partial charge in [0.1, 0.15) is 0 Å². The molecule has 0 radical (unpaired) electrons. The van der Waals surface area contributed by atoms with Gasteiger partial charge in [0.15, 0.2) is 0 Å². The summed E-state index contributed by atoms with van der Waals surface area (Å²) in [6.07, 6.45) is 0. The molecule has 216 valence electrons. The number of hydrogen-bond acceptors (Lipinski definition) is 0. The standard InChI is InChI=1S/2C16H16.4C2H6/c2*1-12-9-13(2)11-16(10-12)14(3)15-7-5-4-6-8-15;4*1-2/h2*4-11H,3H2,1-2H3;4*1-2H3. The van der Waals surface area contributed by atoms with E-state index < -0.39 is 0 Å². The molecule has 0 aliphatic rings. The van der Waals surface area contributed by atoms with Crippen molar-refractivity contribution in [2.75, 3.05) is 0 Å². The van der Waals surface area contributed by atoms with E-state index >= 15 is 0 Å². The van der Waals surface area contributed by atoms with Crippen molar-refractivity contribution < 1.29 is 0 Å². The highest BCUT2D eigenvalue weighted by Gasteiger charge is 2.04. The third kappa shape index (κ3) is 13.9.